The second-order valence-corrected chi connectivity index (χ2v) is 14.4. The zero-order valence-electron chi connectivity index (χ0n) is 33.7. The van der Waals surface area contributed by atoms with Crippen LogP contribution in [0.1, 0.15) is 137 Å². The number of hydrogen-bond acceptors (Lipinski definition) is 9. The van der Waals surface area contributed by atoms with E-state index in [2.05, 4.69) is 24.0 Å². The number of ether oxygens (including phenoxy) is 4. The number of hydrogen-bond donors (Lipinski definition) is 0. The van der Waals surface area contributed by atoms with Crippen LogP contribution in [0.3, 0.4) is 0 Å². The molecule has 0 aliphatic rings. The molecule has 302 valence electrons. The zero-order valence-corrected chi connectivity index (χ0v) is 33.7. The van der Waals surface area contributed by atoms with Crippen molar-refractivity contribution in [2.24, 2.45) is 0 Å². The van der Waals surface area contributed by atoms with Crippen LogP contribution in [-0.2, 0) is 0 Å². The van der Waals surface area contributed by atoms with E-state index in [9.17, 15) is 9.59 Å². The highest BCUT2D eigenvalue weighted by molar-refractivity contribution is 5.91. The molecule has 0 aliphatic carbocycles. The SMILES string of the molecule is CCCCCCCCCCOc1ccc(C(=O)Oc2ccc(-c3noc(-c4ccc(OC(=O)c5ccc(OCCCCCCCCCC)cc5)cc4)n3)cc2)cc1. The molecule has 0 amide bonds. The molecular weight excluding hydrogens is 717 g/mol. The number of aromatic nitrogens is 2. The summed E-state index contributed by atoms with van der Waals surface area (Å²) in [6.07, 6.45) is 20.0. The number of benzene rings is 4. The van der Waals surface area contributed by atoms with Gasteiger partial charge in [-0.2, -0.15) is 4.98 Å². The molecule has 5 aromatic rings. The van der Waals surface area contributed by atoms with Crippen LogP contribution < -0.4 is 18.9 Å². The van der Waals surface area contributed by atoms with Gasteiger partial charge < -0.3 is 23.5 Å². The Hall–Kier alpha value is -5.44. The van der Waals surface area contributed by atoms with Crippen LogP contribution in [0.15, 0.2) is 102 Å². The van der Waals surface area contributed by atoms with Crippen molar-refractivity contribution in [1.29, 1.82) is 0 Å². The highest BCUT2D eigenvalue weighted by Gasteiger charge is 2.14. The Bertz CT molecular complexity index is 1750. The number of nitrogens with zero attached hydrogens (tertiary/aromatic N) is 2. The van der Waals surface area contributed by atoms with Crippen LogP contribution in [-0.4, -0.2) is 35.3 Å². The maximum atomic E-state index is 12.8. The van der Waals surface area contributed by atoms with Gasteiger partial charge >= 0.3 is 11.9 Å². The molecule has 4 aromatic carbocycles. The second-order valence-electron chi connectivity index (χ2n) is 14.4. The minimum absolute atomic E-state index is 0.311. The first-order chi connectivity index (χ1) is 28.0. The Labute approximate surface area is 338 Å². The van der Waals surface area contributed by atoms with Crippen LogP contribution in [0.5, 0.6) is 23.0 Å². The van der Waals surface area contributed by atoms with Crippen molar-refractivity contribution in [1.82, 2.24) is 10.1 Å². The molecule has 9 heteroatoms. The van der Waals surface area contributed by atoms with Crippen molar-refractivity contribution in [3.05, 3.63) is 108 Å². The first-order valence-corrected chi connectivity index (χ1v) is 21.0. The summed E-state index contributed by atoms with van der Waals surface area (Å²) in [6.45, 7) is 5.82. The standard InChI is InChI=1S/C48H58N2O7/c1-3-5-7-9-11-13-15-17-35-53-41-27-23-39(24-28-41)47(51)55-43-31-19-37(20-32-43)45-49-46(57-50-45)38-21-33-44(34-22-38)56-48(52)40-25-29-42(30-26-40)54-36-18-16-14-12-10-8-6-4-2/h19-34H,3-18,35-36H2,1-2H3. The molecule has 57 heavy (non-hydrogen) atoms. The highest BCUT2D eigenvalue weighted by atomic mass is 16.5. The molecule has 9 nitrogen and oxygen atoms in total. The van der Waals surface area contributed by atoms with E-state index < -0.39 is 11.9 Å². The second kappa shape index (κ2) is 24.3. The third-order valence-corrected chi connectivity index (χ3v) is 9.77. The van der Waals surface area contributed by atoms with E-state index in [1.165, 1.54) is 89.9 Å². The topological polar surface area (TPSA) is 110 Å². The van der Waals surface area contributed by atoms with Gasteiger partial charge in [-0.1, -0.05) is 109 Å². The minimum Gasteiger partial charge on any atom is -0.494 e. The molecule has 1 aromatic heterocycles. The summed E-state index contributed by atoms with van der Waals surface area (Å²) < 4.78 is 28.4. The fourth-order valence-corrected chi connectivity index (χ4v) is 6.35. The molecule has 0 fully saturated rings. The average Bonchev–Trinajstić information content (AvgIpc) is 3.74. The molecule has 0 unspecified atom stereocenters. The smallest absolute Gasteiger partial charge is 0.343 e. The predicted octanol–water partition coefficient (Wildman–Crippen LogP) is 12.9. The third-order valence-electron chi connectivity index (χ3n) is 9.77. The summed E-state index contributed by atoms with van der Waals surface area (Å²) in [6, 6.07) is 27.8. The van der Waals surface area contributed by atoms with E-state index in [1.807, 2.05) is 0 Å². The van der Waals surface area contributed by atoms with Gasteiger partial charge in [0.2, 0.25) is 5.82 Å². The largest absolute Gasteiger partial charge is 0.494 e. The Morgan fingerprint density at radius 1 is 0.456 bits per heavy atom. The first-order valence-electron chi connectivity index (χ1n) is 21.0. The lowest BCUT2D eigenvalue weighted by Gasteiger charge is -2.08. The third kappa shape index (κ3) is 14.9. The van der Waals surface area contributed by atoms with Gasteiger partial charge in [-0.15, -0.1) is 0 Å². The molecule has 0 saturated heterocycles. The molecular formula is C48H58N2O7. The lowest BCUT2D eigenvalue weighted by Crippen LogP contribution is -2.08. The summed E-state index contributed by atoms with van der Waals surface area (Å²) in [5.74, 6) is 2.04. The summed E-state index contributed by atoms with van der Waals surface area (Å²) in [5.41, 5.74) is 2.23. The lowest BCUT2D eigenvalue weighted by molar-refractivity contribution is 0.0725. The maximum absolute atomic E-state index is 12.8. The fraction of sp³-hybridized carbons (Fsp3) is 0.417. The van der Waals surface area contributed by atoms with Crippen molar-refractivity contribution in [3.63, 3.8) is 0 Å². The van der Waals surface area contributed by atoms with Crippen LogP contribution in [0.25, 0.3) is 22.8 Å². The lowest BCUT2D eigenvalue weighted by atomic mass is 10.1. The molecule has 0 atom stereocenters. The molecule has 0 N–H and O–H groups in total. The van der Waals surface area contributed by atoms with Crippen molar-refractivity contribution in [2.75, 3.05) is 13.2 Å². The van der Waals surface area contributed by atoms with Gasteiger partial charge in [0, 0.05) is 11.1 Å². The Morgan fingerprint density at radius 2 is 0.825 bits per heavy atom. The predicted molar refractivity (Wildman–Crippen MR) is 224 cm³/mol. The van der Waals surface area contributed by atoms with E-state index in [4.69, 9.17) is 23.5 Å². The summed E-state index contributed by atoms with van der Waals surface area (Å²) in [5, 5.41) is 4.12. The number of esters is 2. The quantitative estimate of drug-likeness (QED) is 0.0308. The molecule has 0 radical (unpaired) electrons. The first kappa shape index (κ1) is 42.7. The number of rotatable bonds is 26. The molecule has 5 rings (SSSR count). The van der Waals surface area contributed by atoms with Gasteiger partial charge in [-0.3, -0.25) is 0 Å². The van der Waals surface area contributed by atoms with E-state index in [1.54, 1.807) is 97.1 Å². The van der Waals surface area contributed by atoms with Gasteiger partial charge in [0.25, 0.3) is 5.89 Å². The molecule has 0 aliphatic heterocycles. The summed E-state index contributed by atoms with van der Waals surface area (Å²) in [4.78, 5) is 30.1. The van der Waals surface area contributed by atoms with Crippen LogP contribution >= 0.6 is 0 Å². The van der Waals surface area contributed by atoms with Gasteiger partial charge in [0.15, 0.2) is 0 Å². The fourth-order valence-electron chi connectivity index (χ4n) is 6.35. The van der Waals surface area contributed by atoms with Crippen molar-refractivity contribution < 1.29 is 33.1 Å². The Morgan fingerprint density at radius 3 is 1.25 bits per heavy atom. The van der Waals surface area contributed by atoms with E-state index >= 15 is 0 Å². The normalized spacial score (nSPS) is 11.0. The Balaban J connectivity index is 1.01. The van der Waals surface area contributed by atoms with E-state index in [-0.39, 0.29) is 0 Å². The van der Waals surface area contributed by atoms with E-state index in [0.717, 1.165) is 24.3 Å². The summed E-state index contributed by atoms with van der Waals surface area (Å²) in [7, 11) is 0. The van der Waals surface area contributed by atoms with Gasteiger partial charge in [0.05, 0.1) is 24.3 Å². The van der Waals surface area contributed by atoms with Crippen molar-refractivity contribution in [3.8, 4) is 45.8 Å². The van der Waals surface area contributed by atoms with Crippen molar-refractivity contribution in [2.45, 2.75) is 117 Å². The molecule has 1 heterocycles. The minimum atomic E-state index is -0.460. The van der Waals surface area contributed by atoms with Gasteiger partial charge in [-0.05, 0) is 110 Å². The van der Waals surface area contributed by atoms with Crippen LogP contribution in [0.4, 0.5) is 0 Å². The molecule has 0 saturated carbocycles. The number of carbonyl (C=O) groups is 2. The van der Waals surface area contributed by atoms with Gasteiger partial charge in [0.1, 0.15) is 23.0 Å². The highest BCUT2D eigenvalue weighted by Crippen LogP contribution is 2.27. The van der Waals surface area contributed by atoms with Crippen molar-refractivity contribution >= 4 is 11.9 Å². The maximum Gasteiger partial charge on any atom is 0.343 e. The number of unbranched alkanes of at least 4 members (excludes halogenated alkanes) is 14. The zero-order chi connectivity index (χ0) is 39.9. The van der Waals surface area contributed by atoms with Crippen LogP contribution in [0, 0.1) is 0 Å². The molecule has 0 bridgehead atoms. The Kier molecular flexibility index (Phi) is 18.2. The van der Waals surface area contributed by atoms with E-state index in [0.29, 0.717) is 58.7 Å². The summed E-state index contributed by atoms with van der Waals surface area (Å²) >= 11 is 0. The number of carbonyl (C=O) groups excluding carboxylic acids is 2. The van der Waals surface area contributed by atoms with Gasteiger partial charge in [-0.25, -0.2) is 9.59 Å². The van der Waals surface area contributed by atoms with Crippen LogP contribution in [0.2, 0.25) is 0 Å². The monoisotopic (exact) mass is 774 g/mol. The average molecular weight is 775 g/mol. The molecule has 0 spiro atoms.